The van der Waals surface area contributed by atoms with E-state index >= 15 is 0 Å². The Morgan fingerprint density at radius 2 is 2.47 bits per heavy atom. The SMILES string of the molecule is Cc1sc(NCCc2ncc[nH]2)nc1C(=O)O. The highest BCUT2D eigenvalue weighted by atomic mass is 32.1. The topological polar surface area (TPSA) is 90.9 Å². The van der Waals surface area contributed by atoms with Crippen LogP contribution in [-0.4, -0.2) is 32.6 Å². The largest absolute Gasteiger partial charge is 0.476 e. The van der Waals surface area contributed by atoms with Gasteiger partial charge in [0, 0.05) is 30.2 Å². The van der Waals surface area contributed by atoms with Crippen LogP contribution in [0.15, 0.2) is 12.4 Å². The second-order valence-corrected chi connectivity index (χ2v) is 4.64. The number of aromatic amines is 1. The number of rotatable bonds is 5. The van der Waals surface area contributed by atoms with Crippen molar-refractivity contribution in [3.63, 3.8) is 0 Å². The van der Waals surface area contributed by atoms with E-state index in [9.17, 15) is 4.79 Å². The number of imidazole rings is 1. The number of aromatic carboxylic acids is 1. The zero-order valence-electron chi connectivity index (χ0n) is 9.23. The molecular weight excluding hydrogens is 240 g/mol. The maximum Gasteiger partial charge on any atom is 0.355 e. The summed E-state index contributed by atoms with van der Waals surface area (Å²) in [4.78, 5) is 22.6. The number of aromatic nitrogens is 3. The van der Waals surface area contributed by atoms with Crippen molar-refractivity contribution in [3.05, 3.63) is 28.8 Å². The molecule has 0 spiro atoms. The second-order valence-electron chi connectivity index (χ2n) is 3.44. The molecule has 7 heteroatoms. The summed E-state index contributed by atoms with van der Waals surface area (Å²) in [6.07, 6.45) is 4.21. The van der Waals surface area contributed by atoms with Gasteiger partial charge < -0.3 is 15.4 Å². The summed E-state index contributed by atoms with van der Waals surface area (Å²) in [5.74, 6) is -0.0953. The minimum absolute atomic E-state index is 0.121. The third kappa shape index (κ3) is 2.82. The van der Waals surface area contributed by atoms with Gasteiger partial charge in [0.2, 0.25) is 0 Å². The quantitative estimate of drug-likeness (QED) is 0.750. The highest BCUT2D eigenvalue weighted by Gasteiger charge is 2.13. The molecule has 2 aromatic heterocycles. The van der Waals surface area contributed by atoms with Crippen LogP contribution in [0.2, 0.25) is 0 Å². The van der Waals surface area contributed by atoms with E-state index < -0.39 is 5.97 Å². The molecule has 6 nitrogen and oxygen atoms in total. The number of hydrogen-bond donors (Lipinski definition) is 3. The zero-order chi connectivity index (χ0) is 12.3. The van der Waals surface area contributed by atoms with Crippen LogP contribution in [0.1, 0.15) is 21.2 Å². The lowest BCUT2D eigenvalue weighted by atomic mass is 10.4. The molecule has 0 saturated heterocycles. The smallest absolute Gasteiger partial charge is 0.355 e. The molecule has 0 bridgehead atoms. The Balaban J connectivity index is 1.91. The Morgan fingerprint density at radius 1 is 1.65 bits per heavy atom. The molecule has 0 saturated carbocycles. The maximum absolute atomic E-state index is 10.8. The molecule has 2 heterocycles. The van der Waals surface area contributed by atoms with Crippen LogP contribution >= 0.6 is 11.3 Å². The molecule has 2 rings (SSSR count). The number of aryl methyl sites for hydroxylation is 1. The van der Waals surface area contributed by atoms with Gasteiger partial charge in [-0.3, -0.25) is 0 Å². The fourth-order valence-corrected chi connectivity index (χ4v) is 2.22. The number of nitrogens with zero attached hydrogens (tertiary/aromatic N) is 2. The van der Waals surface area contributed by atoms with Gasteiger partial charge in [-0.2, -0.15) is 0 Å². The van der Waals surface area contributed by atoms with E-state index in [-0.39, 0.29) is 5.69 Å². The number of hydrogen-bond acceptors (Lipinski definition) is 5. The van der Waals surface area contributed by atoms with Gasteiger partial charge >= 0.3 is 5.97 Å². The van der Waals surface area contributed by atoms with Crippen LogP contribution in [0.3, 0.4) is 0 Å². The molecule has 0 atom stereocenters. The van der Waals surface area contributed by atoms with Crippen molar-refractivity contribution in [2.24, 2.45) is 0 Å². The lowest BCUT2D eigenvalue weighted by Crippen LogP contribution is -2.06. The fraction of sp³-hybridized carbons (Fsp3) is 0.300. The van der Waals surface area contributed by atoms with Gasteiger partial charge in [-0.05, 0) is 6.92 Å². The molecule has 0 aliphatic carbocycles. The van der Waals surface area contributed by atoms with E-state index in [4.69, 9.17) is 5.11 Å². The van der Waals surface area contributed by atoms with Crippen LogP contribution in [0.5, 0.6) is 0 Å². The standard InChI is InChI=1S/C10H12N4O2S/c1-6-8(9(15)16)14-10(17-6)13-3-2-7-11-4-5-12-7/h4-5H,2-3H2,1H3,(H,11,12)(H,13,14)(H,15,16). The number of anilines is 1. The highest BCUT2D eigenvalue weighted by Crippen LogP contribution is 2.21. The van der Waals surface area contributed by atoms with E-state index in [2.05, 4.69) is 20.3 Å². The van der Waals surface area contributed by atoms with Gasteiger partial charge in [0.25, 0.3) is 0 Å². The summed E-state index contributed by atoms with van der Waals surface area (Å²) < 4.78 is 0. The van der Waals surface area contributed by atoms with Crippen LogP contribution < -0.4 is 5.32 Å². The first kappa shape index (κ1) is 11.6. The van der Waals surface area contributed by atoms with Crippen LogP contribution in [0.4, 0.5) is 5.13 Å². The van der Waals surface area contributed by atoms with Crippen molar-refractivity contribution >= 4 is 22.4 Å². The van der Waals surface area contributed by atoms with Crippen molar-refractivity contribution in [2.75, 3.05) is 11.9 Å². The molecule has 0 aliphatic heterocycles. The average molecular weight is 252 g/mol. The molecule has 2 aromatic rings. The summed E-state index contributed by atoms with van der Waals surface area (Å²) in [5, 5.41) is 12.6. The van der Waals surface area contributed by atoms with E-state index in [1.807, 2.05) is 0 Å². The first-order chi connectivity index (χ1) is 8.16. The number of carboxylic acid groups (broad SMARTS) is 1. The molecule has 0 unspecified atom stereocenters. The van der Waals surface area contributed by atoms with E-state index in [0.717, 1.165) is 12.2 Å². The molecule has 3 N–H and O–H groups in total. The van der Waals surface area contributed by atoms with E-state index in [1.165, 1.54) is 11.3 Å². The average Bonchev–Trinajstić information content (AvgIpc) is 2.88. The first-order valence-electron chi connectivity index (χ1n) is 5.09. The lowest BCUT2D eigenvalue weighted by Gasteiger charge is -1.99. The van der Waals surface area contributed by atoms with Gasteiger partial charge in [0.05, 0.1) is 0 Å². The summed E-state index contributed by atoms with van der Waals surface area (Å²) in [5.41, 5.74) is 0.121. The predicted octanol–water partition coefficient (Wildman–Crippen LogP) is 1.53. The summed E-state index contributed by atoms with van der Waals surface area (Å²) in [7, 11) is 0. The van der Waals surface area contributed by atoms with Crippen LogP contribution in [-0.2, 0) is 6.42 Å². The van der Waals surface area contributed by atoms with Gasteiger partial charge in [-0.15, -0.1) is 11.3 Å². The minimum atomic E-state index is -0.988. The monoisotopic (exact) mass is 252 g/mol. The van der Waals surface area contributed by atoms with E-state index in [1.54, 1.807) is 19.3 Å². The van der Waals surface area contributed by atoms with Gasteiger partial charge in [0.1, 0.15) is 5.82 Å². The molecule has 17 heavy (non-hydrogen) atoms. The molecule has 0 aliphatic rings. The number of H-pyrrole nitrogens is 1. The van der Waals surface area contributed by atoms with Crippen LogP contribution in [0, 0.1) is 6.92 Å². The van der Waals surface area contributed by atoms with Crippen molar-refractivity contribution < 1.29 is 9.90 Å². The number of nitrogens with one attached hydrogen (secondary N) is 2. The molecule has 0 aromatic carbocycles. The van der Waals surface area contributed by atoms with Crippen molar-refractivity contribution in [1.82, 2.24) is 15.0 Å². The van der Waals surface area contributed by atoms with E-state index in [0.29, 0.717) is 16.6 Å². The van der Waals surface area contributed by atoms with Crippen molar-refractivity contribution in [2.45, 2.75) is 13.3 Å². The highest BCUT2D eigenvalue weighted by molar-refractivity contribution is 7.15. The Bertz CT molecular complexity index is 506. The summed E-state index contributed by atoms with van der Waals surface area (Å²) in [6.45, 7) is 2.42. The summed E-state index contributed by atoms with van der Waals surface area (Å²) in [6, 6.07) is 0. The van der Waals surface area contributed by atoms with Crippen molar-refractivity contribution in [1.29, 1.82) is 0 Å². The van der Waals surface area contributed by atoms with Gasteiger partial charge in [-0.1, -0.05) is 0 Å². The molecule has 0 amide bonds. The Kier molecular flexibility index (Phi) is 3.38. The fourth-order valence-electron chi connectivity index (χ4n) is 1.39. The first-order valence-corrected chi connectivity index (χ1v) is 5.91. The Hall–Kier alpha value is -1.89. The minimum Gasteiger partial charge on any atom is -0.476 e. The molecule has 0 radical (unpaired) electrons. The number of carbonyl (C=O) groups is 1. The Morgan fingerprint density at radius 3 is 3.06 bits per heavy atom. The van der Waals surface area contributed by atoms with Crippen molar-refractivity contribution in [3.8, 4) is 0 Å². The molecule has 0 fully saturated rings. The molecular formula is C10H12N4O2S. The second kappa shape index (κ2) is 4.96. The Labute approximate surface area is 102 Å². The zero-order valence-corrected chi connectivity index (χ0v) is 10.0. The number of carboxylic acids is 1. The predicted molar refractivity (Wildman–Crippen MR) is 64.6 cm³/mol. The summed E-state index contributed by atoms with van der Waals surface area (Å²) >= 11 is 1.35. The maximum atomic E-state index is 10.8. The molecule has 90 valence electrons. The lowest BCUT2D eigenvalue weighted by molar-refractivity contribution is 0.0690. The van der Waals surface area contributed by atoms with Gasteiger partial charge in [-0.25, -0.2) is 14.8 Å². The normalized spacial score (nSPS) is 10.4. The van der Waals surface area contributed by atoms with Gasteiger partial charge in [0.15, 0.2) is 10.8 Å². The third-order valence-corrected chi connectivity index (χ3v) is 3.12. The number of thiazole rings is 1. The van der Waals surface area contributed by atoms with Crippen LogP contribution in [0.25, 0.3) is 0 Å². The third-order valence-electron chi connectivity index (χ3n) is 2.19.